The fourth-order valence-corrected chi connectivity index (χ4v) is 3.75. The highest BCUT2D eigenvalue weighted by atomic mass is 19.3. The average molecular weight is 371 g/mol. The lowest BCUT2D eigenvalue weighted by atomic mass is 9.88. The van der Waals surface area contributed by atoms with Crippen LogP contribution >= 0.6 is 0 Å². The van der Waals surface area contributed by atoms with Gasteiger partial charge in [-0.25, -0.2) is 18.7 Å². The molecule has 3 aromatic rings. The smallest absolute Gasteiger partial charge is 0.263 e. The highest BCUT2D eigenvalue weighted by Crippen LogP contribution is 2.35. The van der Waals surface area contributed by atoms with Crippen LogP contribution in [0.15, 0.2) is 36.8 Å². The largest absolute Gasteiger partial charge is 0.297 e. The first-order chi connectivity index (χ1) is 13.0. The number of aromatic amines is 1. The molecule has 3 heterocycles. The van der Waals surface area contributed by atoms with Gasteiger partial charge in [-0.15, -0.1) is 0 Å². The minimum absolute atomic E-state index is 0.191. The molecule has 0 aliphatic carbocycles. The first-order valence-electron chi connectivity index (χ1n) is 9.30. The zero-order valence-corrected chi connectivity index (χ0v) is 15.3. The van der Waals surface area contributed by atoms with Gasteiger partial charge in [0.05, 0.1) is 23.8 Å². The molecule has 142 valence electrons. The van der Waals surface area contributed by atoms with Crippen molar-refractivity contribution in [2.24, 2.45) is 5.92 Å². The fraction of sp³-hybridized carbons (Fsp3) is 0.450. The average Bonchev–Trinajstić information content (AvgIpc) is 3.13. The summed E-state index contributed by atoms with van der Waals surface area (Å²) in [6, 6.07) is 8.28. The van der Waals surface area contributed by atoms with Crippen LogP contribution in [0, 0.1) is 12.8 Å². The first-order valence-corrected chi connectivity index (χ1v) is 9.30. The van der Waals surface area contributed by atoms with Crippen LogP contribution in [0.3, 0.4) is 0 Å². The van der Waals surface area contributed by atoms with Crippen molar-refractivity contribution in [1.29, 1.82) is 0 Å². The van der Waals surface area contributed by atoms with Crippen LogP contribution in [-0.4, -0.2) is 50.6 Å². The fourth-order valence-electron chi connectivity index (χ4n) is 3.75. The van der Waals surface area contributed by atoms with Crippen LogP contribution in [0.25, 0.3) is 11.0 Å². The maximum absolute atomic E-state index is 14.8. The van der Waals surface area contributed by atoms with E-state index in [9.17, 15) is 8.78 Å². The summed E-state index contributed by atoms with van der Waals surface area (Å²) in [6.07, 6.45) is 4.52. The van der Waals surface area contributed by atoms with E-state index in [1.165, 1.54) is 17.5 Å². The van der Waals surface area contributed by atoms with Gasteiger partial charge < -0.3 is 0 Å². The zero-order chi connectivity index (χ0) is 18.9. The molecule has 1 N–H and O–H groups in total. The molecule has 5 nitrogen and oxygen atoms in total. The third kappa shape index (κ3) is 3.98. The SMILES string of the molecule is Cc1ccc(CCN2CCC(Cc3ncnc4[nH]ncc34)C(F)(F)C2)cc1. The Balaban J connectivity index is 1.38. The Labute approximate surface area is 156 Å². The Bertz CT molecular complexity index is 906. The second-order valence-corrected chi connectivity index (χ2v) is 7.42. The van der Waals surface area contributed by atoms with Crippen LogP contribution in [0.1, 0.15) is 23.2 Å². The van der Waals surface area contributed by atoms with E-state index in [0.717, 1.165) is 11.8 Å². The number of nitrogens with zero attached hydrogens (tertiary/aromatic N) is 4. The predicted molar refractivity (Wildman–Crippen MR) is 99.8 cm³/mol. The molecule has 1 atom stereocenters. The van der Waals surface area contributed by atoms with Crippen molar-refractivity contribution >= 4 is 11.0 Å². The Morgan fingerprint density at radius 2 is 2.04 bits per heavy atom. The molecular weight excluding hydrogens is 348 g/mol. The molecule has 4 rings (SSSR count). The van der Waals surface area contributed by atoms with E-state index in [2.05, 4.69) is 44.4 Å². The number of halogens is 2. The Hall–Kier alpha value is -2.41. The Morgan fingerprint density at radius 1 is 1.22 bits per heavy atom. The van der Waals surface area contributed by atoms with Crippen LogP contribution in [-0.2, 0) is 12.8 Å². The Morgan fingerprint density at radius 3 is 2.81 bits per heavy atom. The normalized spacial score (nSPS) is 20.2. The van der Waals surface area contributed by atoms with Gasteiger partial charge in [-0.2, -0.15) is 5.10 Å². The number of rotatable bonds is 5. The molecule has 1 saturated heterocycles. The molecule has 1 aliphatic rings. The molecule has 2 aromatic heterocycles. The van der Waals surface area contributed by atoms with Crippen molar-refractivity contribution in [3.8, 4) is 0 Å². The summed E-state index contributed by atoms with van der Waals surface area (Å²) in [4.78, 5) is 10.2. The molecular formula is C20H23F2N5. The Kier molecular flexibility index (Phi) is 4.86. The summed E-state index contributed by atoms with van der Waals surface area (Å²) in [7, 11) is 0. The molecule has 0 amide bonds. The molecule has 0 saturated carbocycles. The summed E-state index contributed by atoms with van der Waals surface area (Å²) in [6.45, 7) is 3.20. The predicted octanol–water partition coefficient (Wildman–Crippen LogP) is 3.40. The van der Waals surface area contributed by atoms with Gasteiger partial charge in [0.15, 0.2) is 5.65 Å². The van der Waals surface area contributed by atoms with Crippen LogP contribution in [0.2, 0.25) is 0 Å². The van der Waals surface area contributed by atoms with E-state index >= 15 is 0 Å². The molecule has 1 aromatic carbocycles. The van der Waals surface area contributed by atoms with Gasteiger partial charge >= 0.3 is 0 Å². The molecule has 1 aliphatic heterocycles. The summed E-state index contributed by atoms with van der Waals surface area (Å²) in [5, 5.41) is 7.43. The van der Waals surface area contributed by atoms with Crippen LogP contribution in [0.4, 0.5) is 8.78 Å². The van der Waals surface area contributed by atoms with Gasteiger partial charge in [-0.05, 0) is 38.3 Å². The van der Waals surface area contributed by atoms with Crippen LogP contribution < -0.4 is 0 Å². The summed E-state index contributed by atoms with van der Waals surface area (Å²) >= 11 is 0. The number of aromatic nitrogens is 4. The second kappa shape index (κ2) is 7.31. The number of likely N-dealkylation sites (tertiary alicyclic amines) is 1. The highest BCUT2D eigenvalue weighted by molar-refractivity contribution is 5.76. The third-order valence-electron chi connectivity index (χ3n) is 5.43. The van der Waals surface area contributed by atoms with Crippen molar-refractivity contribution in [3.63, 3.8) is 0 Å². The van der Waals surface area contributed by atoms with Gasteiger partial charge in [0.25, 0.3) is 5.92 Å². The second-order valence-electron chi connectivity index (χ2n) is 7.42. The van der Waals surface area contributed by atoms with E-state index in [1.54, 1.807) is 6.20 Å². The maximum atomic E-state index is 14.8. The number of hydrogen-bond donors (Lipinski definition) is 1. The van der Waals surface area contributed by atoms with Gasteiger partial charge in [-0.3, -0.25) is 10.00 Å². The topological polar surface area (TPSA) is 57.7 Å². The third-order valence-corrected chi connectivity index (χ3v) is 5.43. The number of aryl methyl sites for hydroxylation is 1. The van der Waals surface area contributed by atoms with Crippen LogP contribution in [0.5, 0.6) is 0 Å². The van der Waals surface area contributed by atoms with Crippen molar-refractivity contribution in [3.05, 3.63) is 53.6 Å². The van der Waals surface area contributed by atoms with E-state index in [4.69, 9.17) is 0 Å². The van der Waals surface area contributed by atoms with E-state index in [0.29, 0.717) is 30.9 Å². The molecule has 27 heavy (non-hydrogen) atoms. The standard InChI is InChI=1S/C20H23F2N5/c1-14-2-4-15(5-3-14)6-8-27-9-7-16(20(21,22)12-27)10-18-17-11-25-26-19(17)24-13-23-18/h2-5,11,13,16H,6-10,12H2,1H3,(H,23,24,25,26). The van der Waals surface area contributed by atoms with Gasteiger partial charge in [0, 0.05) is 12.5 Å². The molecule has 7 heteroatoms. The lowest BCUT2D eigenvalue weighted by molar-refractivity contribution is -0.110. The quantitative estimate of drug-likeness (QED) is 0.747. The van der Waals surface area contributed by atoms with Gasteiger partial charge in [-0.1, -0.05) is 29.8 Å². The number of alkyl halides is 2. The van der Waals surface area contributed by atoms with Crippen molar-refractivity contribution in [2.75, 3.05) is 19.6 Å². The number of benzene rings is 1. The van der Waals surface area contributed by atoms with Gasteiger partial charge in [0.1, 0.15) is 6.33 Å². The number of nitrogens with one attached hydrogen (secondary N) is 1. The number of hydrogen-bond acceptors (Lipinski definition) is 4. The van der Waals surface area contributed by atoms with Gasteiger partial charge in [0.2, 0.25) is 0 Å². The van der Waals surface area contributed by atoms with Crippen molar-refractivity contribution in [1.82, 2.24) is 25.1 Å². The summed E-state index contributed by atoms with van der Waals surface area (Å²) < 4.78 is 29.6. The molecule has 1 fully saturated rings. The lowest BCUT2D eigenvalue weighted by Gasteiger charge is -2.38. The number of piperidine rings is 1. The van der Waals surface area contributed by atoms with Crippen molar-refractivity contribution < 1.29 is 8.78 Å². The first kappa shape index (κ1) is 18.0. The highest BCUT2D eigenvalue weighted by Gasteiger charge is 2.44. The lowest BCUT2D eigenvalue weighted by Crippen LogP contribution is -2.49. The van der Waals surface area contributed by atoms with E-state index in [1.807, 2.05) is 11.8 Å². The molecule has 0 bridgehead atoms. The summed E-state index contributed by atoms with van der Waals surface area (Å²) in [5.74, 6) is -3.44. The minimum atomic E-state index is -2.73. The summed E-state index contributed by atoms with van der Waals surface area (Å²) in [5.41, 5.74) is 3.64. The van der Waals surface area contributed by atoms with Crippen molar-refractivity contribution in [2.45, 2.75) is 32.1 Å². The molecule has 0 spiro atoms. The van der Waals surface area contributed by atoms with E-state index in [-0.39, 0.29) is 13.0 Å². The monoisotopic (exact) mass is 371 g/mol. The maximum Gasteiger partial charge on any atom is 0.263 e. The zero-order valence-electron chi connectivity index (χ0n) is 15.3. The molecule has 1 unspecified atom stereocenters. The molecule has 0 radical (unpaired) electrons. The van der Waals surface area contributed by atoms with E-state index < -0.39 is 11.8 Å². The number of fused-ring (bicyclic) bond motifs is 1. The minimum Gasteiger partial charge on any atom is -0.297 e. The number of H-pyrrole nitrogens is 1.